The molecule has 0 atom stereocenters. The minimum Gasteiger partial charge on any atom is -0.418 e. The smallest absolute Gasteiger partial charge is 0.418 e. The second-order valence-corrected chi connectivity index (χ2v) is 1.98. The first-order chi connectivity index (χ1) is 8.00. The summed E-state index contributed by atoms with van der Waals surface area (Å²) < 4.78 is 156. The fourth-order valence-electron chi connectivity index (χ4n) is 0. The van der Waals surface area contributed by atoms with Crippen LogP contribution in [0.3, 0.4) is 0 Å². The van der Waals surface area contributed by atoms with E-state index in [1.54, 1.807) is 0 Å². The van der Waals surface area contributed by atoms with Gasteiger partial charge in [-0.25, -0.2) is 0 Å². The molecule has 0 nitrogen and oxygen atoms in total. The van der Waals surface area contributed by atoms with E-state index in [1.807, 2.05) is 0 Å². The SMILES string of the molecule is F[B-](F)(F)F.F[B-](F)(F)F.F[B-](F)(F)F.F[B-](F)(F)F.[Cu]. The fraction of sp³-hybridized carbons (Fsp3) is 0. The molecule has 1 radical (unpaired) electrons. The summed E-state index contributed by atoms with van der Waals surface area (Å²) in [6, 6.07) is 0. The quantitative estimate of drug-likeness (QED) is 0.380. The summed E-state index contributed by atoms with van der Waals surface area (Å²) in [5.41, 5.74) is 0. The molecule has 0 aliphatic carbocycles. The molecule has 0 spiro atoms. The van der Waals surface area contributed by atoms with Crippen molar-refractivity contribution in [2.45, 2.75) is 0 Å². The van der Waals surface area contributed by atoms with Crippen molar-refractivity contribution >= 4 is 29.0 Å². The standard InChI is InChI=1S/4BF4.Cu/c4*2-1(3,4)5;/q4*-1;. The first-order valence-electron chi connectivity index (χ1n) is 3.49. The third-order valence-electron chi connectivity index (χ3n) is 0. The van der Waals surface area contributed by atoms with E-state index in [0.717, 1.165) is 0 Å². The van der Waals surface area contributed by atoms with Gasteiger partial charge in [-0.1, -0.05) is 0 Å². The number of hydrogen-bond acceptors (Lipinski definition) is 0. The Kier molecular flexibility index (Phi) is 19.0. The molecule has 139 valence electrons. The molecule has 0 aromatic carbocycles. The monoisotopic (exact) mass is 411 g/mol. The molecular weight excluding hydrogens is 411 g/mol. The normalized spacial score (nSPS) is 11.4. The summed E-state index contributed by atoms with van der Waals surface area (Å²) in [5.74, 6) is 0. The van der Waals surface area contributed by atoms with Gasteiger partial charge in [0.25, 0.3) is 0 Å². The number of rotatable bonds is 0. The van der Waals surface area contributed by atoms with E-state index in [1.165, 1.54) is 0 Å². The van der Waals surface area contributed by atoms with Gasteiger partial charge in [-0.2, -0.15) is 0 Å². The van der Waals surface area contributed by atoms with Crippen LogP contribution in [-0.4, -0.2) is 29.0 Å². The van der Waals surface area contributed by atoms with Crippen LogP contribution in [0.15, 0.2) is 0 Å². The Balaban J connectivity index is -0.0000000533. The average Bonchev–Trinajstić information content (AvgIpc) is 1.62. The van der Waals surface area contributed by atoms with Gasteiger partial charge in [0.2, 0.25) is 0 Å². The van der Waals surface area contributed by atoms with E-state index in [0.29, 0.717) is 0 Å². The van der Waals surface area contributed by atoms with Crippen molar-refractivity contribution in [3.63, 3.8) is 0 Å². The molecule has 0 saturated heterocycles. The third kappa shape index (κ3) is 52800. The maximum atomic E-state index is 9.75. The van der Waals surface area contributed by atoms with Crippen molar-refractivity contribution in [2.75, 3.05) is 0 Å². The average molecular weight is 411 g/mol. The first kappa shape index (κ1) is 32.6. The van der Waals surface area contributed by atoms with Crippen molar-refractivity contribution in [2.24, 2.45) is 0 Å². The molecular formula is B4CuF16-4. The third-order valence-corrected chi connectivity index (χ3v) is 0. The maximum Gasteiger partial charge on any atom is 0.673 e. The molecule has 0 aliphatic rings. The summed E-state index contributed by atoms with van der Waals surface area (Å²) in [6.07, 6.45) is 0. The van der Waals surface area contributed by atoms with Crippen molar-refractivity contribution in [1.82, 2.24) is 0 Å². The molecule has 0 rings (SSSR count). The van der Waals surface area contributed by atoms with Gasteiger partial charge < -0.3 is 69.1 Å². The van der Waals surface area contributed by atoms with E-state index in [-0.39, 0.29) is 17.1 Å². The van der Waals surface area contributed by atoms with Gasteiger partial charge in [0.1, 0.15) is 0 Å². The van der Waals surface area contributed by atoms with Crippen LogP contribution in [0.2, 0.25) is 0 Å². The molecule has 0 N–H and O–H groups in total. The fourth-order valence-corrected chi connectivity index (χ4v) is 0. The second kappa shape index (κ2) is 12.2. The van der Waals surface area contributed by atoms with E-state index in [4.69, 9.17) is 0 Å². The first-order valence-corrected chi connectivity index (χ1v) is 3.49. The van der Waals surface area contributed by atoms with Gasteiger partial charge in [0.05, 0.1) is 0 Å². The topological polar surface area (TPSA) is 0 Å². The van der Waals surface area contributed by atoms with E-state index in [2.05, 4.69) is 0 Å². The summed E-state index contributed by atoms with van der Waals surface area (Å²) >= 11 is 0. The number of halogens is 16. The van der Waals surface area contributed by atoms with Crippen LogP contribution in [0, 0.1) is 0 Å². The molecule has 0 saturated carbocycles. The molecule has 0 heterocycles. The molecule has 0 bridgehead atoms. The van der Waals surface area contributed by atoms with Gasteiger partial charge >= 0.3 is 29.0 Å². The van der Waals surface area contributed by atoms with Gasteiger partial charge in [-0.05, 0) is 0 Å². The Labute approximate surface area is 116 Å². The number of hydrogen-bond donors (Lipinski definition) is 0. The Bertz CT molecular complexity index is 130. The largest absolute Gasteiger partial charge is 0.673 e. The minimum absolute atomic E-state index is 0. The summed E-state index contributed by atoms with van der Waals surface area (Å²) in [5, 5.41) is 0. The van der Waals surface area contributed by atoms with E-state index in [9.17, 15) is 69.1 Å². The molecule has 0 fully saturated rings. The predicted molar refractivity (Wildman–Crippen MR) is 40.7 cm³/mol. The summed E-state index contributed by atoms with van der Waals surface area (Å²) in [7, 11) is -24.0. The molecule has 0 aromatic heterocycles. The zero-order valence-electron chi connectivity index (χ0n) is 8.66. The van der Waals surface area contributed by atoms with E-state index < -0.39 is 29.0 Å². The molecule has 0 aliphatic heterocycles. The van der Waals surface area contributed by atoms with Gasteiger partial charge in [0.15, 0.2) is 0 Å². The Morgan fingerprint density at radius 1 is 0.238 bits per heavy atom. The van der Waals surface area contributed by atoms with Crippen LogP contribution in [0.4, 0.5) is 69.1 Å². The van der Waals surface area contributed by atoms with Crippen LogP contribution < -0.4 is 0 Å². The van der Waals surface area contributed by atoms with Crippen molar-refractivity contribution < 1.29 is 86.1 Å². The van der Waals surface area contributed by atoms with Crippen molar-refractivity contribution in [3.8, 4) is 0 Å². The van der Waals surface area contributed by atoms with Gasteiger partial charge in [-0.15, -0.1) is 0 Å². The van der Waals surface area contributed by atoms with Crippen LogP contribution in [0.5, 0.6) is 0 Å². The summed E-state index contributed by atoms with van der Waals surface area (Å²) in [4.78, 5) is 0. The predicted octanol–water partition coefficient (Wildman–Crippen LogP) is 5.20. The zero-order valence-corrected chi connectivity index (χ0v) is 9.60. The Morgan fingerprint density at radius 3 is 0.238 bits per heavy atom. The van der Waals surface area contributed by atoms with Crippen LogP contribution in [0.1, 0.15) is 0 Å². The molecule has 21 heteroatoms. The molecule has 0 aromatic rings. The van der Waals surface area contributed by atoms with Crippen LogP contribution in [-0.2, 0) is 17.1 Å². The molecule has 0 unspecified atom stereocenters. The molecule has 21 heavy (non-hydrogen) atoms. The van der Waals surface area contributed by atoms with Gasteiger partial charge in [-0.3, -0.25) is 0 Å². The van der Waals surface area contributed by atoms with Crippen LogP contribution >= 0.6 is 0 Å². The zero-order chi connectivity index (χ0) is 18.0. The van der Waals surface area contributed by atoms with Crippen molar-refractivity contribution in [1.29, 1.82) is 0 Å². The van der Waals surface area contributed by atoms with Gasteiger partial charge in [0, 0.05) is 17.1 Å². The van der Waals surface area contributed by atoms with E-state index >= 15 is 0 Å². The minimum atomic E-state index is -6.00. The second-order valence-electron chi connectivity index (χ2n) is 1.98. The van der Waals surface area contributed by atoms with Crippen molar-refractivity contribution in [3.05, 3.63) is 0 Å². The maximum absolute atomic E-state index is 9.75. The summed E-state index contributed by atoms with van der Waals surface area (Å²) in [6.45, 7) is 0. The Morgan fingerprint density at radius 2 is 0.238 bits per heavy atom. The Hall–Kier alpha value is -0.341. The molecule has 0 amide bonds. The van der Waals surface area contributed by atoms with Crippen LogP contribution in [0.25, 0.3) is 0 Å².